The highest BCUT2D eigenvalue weighted by molar-refractivity contribution is 5.86. The van der Waals surface area contributed by atoms with Crippen LogP contribution >= 0.6 is 0 Å². The van der Waals surface area contributed by atoms with Crippen molar-refractivity contribution >= 4 is 12.0 Å². The molecule has 1 unspecified atom stereocenters. The molecule has 3 rings (SSSR count). The van der Waals surface area contributed by atoms with E-state index in [9.17, 15) is 14.7 Å². The minimum Gasteiger partial charge on any atom is -0.508 e. The van der Waals surface area contributed by atoms with Crippen molar-refractivity contribution in [2.75, 3.05) is 26.7 Å². The summed E-state index contributed by atoms with van der Waals surface area (Å²) in [7, 11) is 1.76. The van der Waals surface area contributed by atoms with E-state index in [4.69, 9.17) is 4.74 Å². The molecule has 136 valence electrons. The number of ether oxygens (including phenoxy) is 1. The van der Waals surface area contributed by atoms with E-state index in [-0.39, 0.29) is 29.7 Å². The van der Waals surface area contributed by atoms with E-state index in [1.165, 1.54) is 0 Å². The van der Waals surface area contributed by atoms with Crippen molar-refractivity contribution in [3.05, 3.63) is 29.3 Å². The minimum atomic E-state index is -0.304. The second-order valence-electron chi connectivity index (χ2n) is 6.81. The molecule has 2 aliphatic rings. The monoisotopic (exact) mass is 346 g/mol. The number of hydrogen-bond acceptors (Lipinski definition) is 4. The van der Waals surface area contributed by atoms with Gasteiger partial charge in [0.1, 0.15) is 5.75 Å². The molecule has 1 saturated heterocycles. The molecular weight excluding hydrogens is 320 g/mol. The second kappa shape index (κ2) is 7.33. The van der Waals surface area contributed by atoms with Crippen LogP contribution in [-0.2, 0) is 16.0 Å². The Kier molecular flexibility index (Phi) is 5.16. The van der Waals surface area contributed by atoms with Crippen LogP contribution in [0.5, 0.6) is 5.75 Å². The molecule has 1 heterocycles. The van der Waals surface area contributed by atoms with E-state index >= 15 is 0 Å². The number of phenols is 1. The Morgan fingerprint density at radius 3 is 2.68 bits per heavy atom. The molecule has 1 aliphatic carbocycles. The third-order valence-corrected chi connectivity index (χ3v) is 5.40. The lowest BCUT2D eigenvalue weighted by Crippen LogP contribution is -2.48. The first kappa shape index (κ1) is 17.6. The number of carbonyl (C=O) groups excluding carboxylic acids is 2. The SMILES string of the molecule is CCOC(=O)N(C)C1CCN(C(=O)C2CCc3cccc(O)c32)CC1. The maximum Gasteiger partial charge on any atom is 0.409 e. The fourth-order valence-corrected chi connectivity index (χ4v) is 3.98. The fraction of sp³-hybridized carbons (Fsp3) is 0.579. The lowest BCUT2D eigenvalue weighted by Gasteiger charge is -2.37. The number of piperidine rings is 1. The van der Waals surface area contributed by atoms with Crippen molar-refractivity contribution in [3.63, 3.8) is 0 Å². The van der Waals surface area contributed by atoms with E-state index in [0.717, 1.165) is 36.8 Å². The first-order valence-corrected chi connectivity index (χ1v) is 9.02. The molecule has 6 heteroatoms. The molecule has 1 atom stereocenters. The van der Waals surface area contributed by atoms with Crippen LogP contribution in [-0.4, -0.2) is 59.7 Å². The number of hydrogen-bond donors (Lipinski definition) is 1. The molecule has 1 N–H and O–H groups in total. The standard InChI is InChI=1S/C19H26N2O4/c1-3-25-19(24)20(2)14-9-11-21(12-10-14)18(23)15-8-7-13-5-4-6-16(22)17(13)15/h4-6,14-15,22H,3,7-12H2,1-2H3. The first-order chi connectivity index (χ1) is 12.0. The Bertz CT molecular complexity index is 653. The Labute approximate surface area is 148 Å². The molecule has 2 amide bonds. The normalized spacial score (nSPS) is 20.2. The summed E-state index contributed by atoms with van der Waals surface area (Å²) in [6, 6.07) is 5.58. The summed E-state index contributed by atoms with van der Waals surface area (Å²) >= 11 is 0. The molecule has 1 aliphatic heterocycles. The molecule has 1 aromatic carbocycles. The lowest BCUT2D eigenvalue weighted by atomic mass is 9.96. The summed E-state index contributed by atoms with van der Waals surface area (Å²) in [6.45, 7) is 3.42. The van der Waals surface area contributed by atoms with Gasteiger partial charge in [-0.25, -0.2) is 4.79 Å². The quantitative estimate of drug-likeness (QED) is 0.913. The van der Waals surface area contributed by atoms with Crippen molar-refractivity contribution in [2.45, 2.75) is 44.6 Å². The Morgan fingerprint density at radius 1 is 1.28 bits per heavy atom. The van der Waals surface area contributed by atoms with Crippen molar-refractivity contribution in [1.29, 1.82) is 0 Å². The number of nitrogens with zero attached hydrogens (tertiary/aromatic N) is 2. The molecule has 0 radical (unpaired) electrons. The number of amides is 2. The van der Waals surface area contributed by atoms with E-state index in [1.807, 2.05) is 17.0 Å². The van der Waals surface area contributed by atoms with Crippen LogP contribution in [0.25, 0.3) is 0 Å². The van der Waals surface area contributed by atoms with Crippen LogP contribution < -0.4 is 0 Å². The Hall–Kier alpha value is -2.24. The van der Waals surface area contributed by atoms with Gasteiger partial charge in [-0.2, -0.15) is 0 Å². The topological polar surface area (TPSA) is 70.1 Å². The van der Waals surface area contributed by atoms with Crippen LogP contribution in [0.4, 0.5) is 4.79 Å². The van der Waals surface area contributed by atoms with Crippen LogP contribution in [0, 0.1) is 0 Å². The second-order valence-corrected chi connectivity index (χ2v) is 6.81. The summed E-state index contributed by atoms with van der Waals surface area (Å²) in [5, 5.41) is 10.1. The summed E-state index contributed by atoms with van der Waals surface area (Å²) < 4.78 is 5.04. The van der Waals surface area contributed by atoms with E-state index in [1.54, 1.807) is 24.9 Å². The van der Waals surface area contributed by atoms with Crippen molar-refractivity contribution in [3.8, 4) is 5.75 Å². The maximum absolute atomic E-state index is 12.9. The number of phenolic OH excluding ortho intramolecular Hbond substituents is 1. The summed E-state index contributed by atoms with van der Waals surface area (Å²) in [5.74, 6) is 0.0818. The van der Waals surface area contributed by atoms with Gasteiger partial charge >= 0.3 is 6.09 Å². The van der Waals surface area contributed by atoms with Gasteiger partial charge in [0, 0.05) is 31.7 Å². The zero-order chi connectivity index (χ0) is 18.0. The molecule has 0 saturated carbocycles. The average molecular weight is 346 g/mol. The summed E-state index contributed by atoms with van der Waals surface area (Å²) in [6.07, 6.45) is 2.79. The summed E-state index contributed by atoms with van der Waals surface area (Å²) in [4.78, 5) is 28.3. The highest BCUT2D eigenvalue weighted by Crippen LogP contribution is 2.40. The van der Waals surface area contributed by atoms with Gasteiger partial charge in [0.25, 0.3) is 0 Å². The van der Waals surface area contributed by atoms with Gasteiger partial charge in [0.05, 0.1) is 12.5 Å². The van der Waals surface area contributed by atoms with Gasteiger partial charge in [-0.1, -0.05) is 12.1 Å². The van der Waals surface area contributed by atoms with Gasteiger partial charge < -0.3 is 19.6 Å². The summed E-state index contributed by atoms with van der Waals surface area (Å²) in [5.41, 5.74) is 1.88. The smallest absolute Gasteiger partial charge is 0.409 e. The predicted octanol–water partition coefficient (Wildman–Crippen LogP) is 2.50. The molecule has 1 aromatic rings. The number of likely N-dealkylation sites (tertiary alicyclic amines) is 1. The maximum atomic E-state index is 12.9. The average Bonchev–Trinajstić information content (AvgIpc) is 3.06. The molecular formula is C19H26N2O4. The third-order valence-electron chi connectivity index (χ3n) is 5.40. The number of aryl methyl sites for hydroxylation is 1. The number of rotatable bonds is 3. The molecule has 0 aromatic heterocycles. The van der Waals surface area contributed by atoms with Gasteiger partial charge in [-0.05, 0) is 44.2 Å². The molecule has 25 heavy (non-hydrogen) atoms. The van der Waals surface area contributed by atoms with Crippen molar-refractivity contribution in [1.82, 2.24) is 9.80 Å². The minimum absolute atomic E-state index is 0.0949. The number of benzene rings is 1. The van der Waals surface area contributed by atoms with Gasteiger partial charge in [-0.3, -0.25) is 4.79 Å². The lowest BCUT2D eigenvalue weighted by molar-refractivity contribution is -0.134. The van der Waals surface area contributed by atoms with E-state index < -0.39 is 0 Å². The Morgan fingerprint density at radius 2 is 2.00 bits per heavy atom. The van der Waals surface area contributed by atoms with Gasteiger partial charge in [0.15, 0.2) is 0 Å². The first-order valence-electron chi connectivity index (χ1n) is 9.02. The van der Waals surface area contributed by atoms with Crippen LogP contribution in [0.3, 0.4) is 0 Å². The number of aromatic hydroxyl groups is 1. The highest BCUT2D eigenvalue weighted by Gasteiger charge is 2.36. The van der Waals surface area contributed by atoms with E-state index in [0.29, 0.717) is 19.7 Å². The Balaban J connectivity index is 1.61. The molecule has 0 bridgehead atoms. The number of carbonyl (C=O) groups is 2. The fourth-order valence-electron chi connectivity index (χ4n) is 3.98. The largest absolute Gasteiger partial charge is 0.508 e. The van der Waals surface area contributed by atoms with Crippen LogP contribution in [0.1, 0.15) is 43.2 Å². The molecule has 0 spiro atoms. The number of fused-ring (bicyclic) bond motifs is 1. The third kappa shape index (κ3) is 3.43. The molecule has 1 fully saturated rings. The van der Waals surface area contributed by atoms with Gasteiger partial charge in [-0.15, -0.1) is 0 Å². The van der Waals surface area contributed by atoms with Crippen molar-refractivity contribution < 1.29 is 19.4 Å². The van der Waals surface area contributed by atoms with E-state index in [2.05, 4.69) is 0 Å². The van der Waals surface area contributed by atoms with Crippen LogP contribution in [0.15, 0.2) is 18.2 Å². The molecule has 6 nitrogen and oxygen atoms in total. The zero-order valence-electron chi connectivity index (χ0n) is 14.9. The van der Waals surface area contributed by atoms with Crippen LogP contribution in [0.2, 0.25) is 0 Å². The van der Waals surface area contributed by atoms with Gasteiger partial charge in [0.2, 0.25) is 5.91 Å². The predicted molar refractivity (Wildman–Crippen MR) is 93.6 cm³/mol. The zero-order valence-corrected chi connectivity index (χ0v) is 14.9. The highest BCUT2D eigenvalue weighted by atomic mass is 16.6. The van der Waals surface area contributed by atoms with Crippen molar-refractivity contribution in [2.24, 2.45) is 0 Å².